The predicted octanol–water partition coefficient (Wildman–Crippen LogP) is 3.10. The Kier molecular flexibility index (Phi) is 5.81. The van der Waals surface area contributed by atoms with Gasteiger partial charge in [-0.05, 0) is 17.7 Å². The zero-order valence-corrected chi connectivity index (χ0v) is 16.5. The molecule has 4 rings (SSSR count). The Morgan fingerprint density at radius 3 is 2.59 bits per heavy atom. The summed E-state index contributed by atoms with van der Waals surface area (Å²) in [5.41, 5.74) is 1.05. The molecule has 2 heterocycles. The Morgan fingerprint density at radius 1 is 1.10 bits per heavy atom. The number of hydrogen-bond donors (Lipinski definition) is 1. The molecular formula is C21H20N4O3S. The molecule has 7 nitrogen and oxygen atoms in total. The Labute approximate surface area is 172 Å². The summed E-state index contributed by atoms with van der Waals surface area (Å²) in [6.07, 6.45) is 0.210. The molecule has 2 amide bonds. The SMILES string of the molecule is O=C(Nc1nnc(COc2ccccc2)s1)[C@H]1CC(=O)N(Cc2ccccc2)C1. The Morgan fingerprint density at radius 2 is 1.83 bits per heavy atom. The summed E-state index contributed by atoms with van der Waals surface area (Å²) in [5, 5.41) is 11.9. The van der Waals surface area contributed by atoms with Crippen LogP contribution in [0.4, 0.5) is 5.13 Å². The van der Waals surface area contributed by atoms with Crippen molar-refractivity contribution in [1.29, 1.82) is 0 Å². The number of anilines is 1. The molecule has 29 heavy (non-hydrogen) atoms. The number of aromatic nitrogens is 2. The van der Waals surface area contributed by atoms with Crippen molar-refractivity contribution in [3.05, 3.63) is 71.2 Å². The van der Waals surface area contributed by atoms with E-state index in [4.69, 9.17) is 4.74 Å². The van der Waals surface area contributed by atoms with E-state index in [0.29, 0.717) is 23.2 Å². The summed E-state index contributed by atoms with van der Waals surface area (Å²) < 4.78 is 5.64. The highest BCUT2D eigenvalue weighted by atomic mass is 32.1. The van der Waals surface area contributed by atoms with Crippen LogP contribution in [0.15, 0.2) is 60.7 Å². The first-order chi connectivity index (χ1) is 14.2. The quantitative estimate of drug-likeness (QED) is 0.649. The van der Waals surface area contributed by atoms with Crippen molar-refractivity contribution in [2.75, 3.05) is 11.9 Å². The fourth-order valence-electron chi connectivity index (χ4n) is 3.14. The topological polar surface area (TPSA) is 84.4 Å². The Balaban J connectivity index is 1.29. The van der Waals surface area contributed by atoms with Gasteiger partial charge in [0.2, 0.25) is 16.9 Å². The molecule has 0 saturated carbocycles. The monoisotopic (exact) mass is 408 g/mol. The maximum absolute atomic E-state index is 12.6. The van der Waals surface area contributed by atoms with Crippen molar-refractivity contribution in [3.8, 4) is 5.75 Å². The summed E-state index contributed by atoms with van der Waals surface area (Å²) >= 11 is 1.27. The van der Waals surface area contributed by atoms with Crippen LogP contribution in [0.1, 0.15) is 17.0 Å². The van der Waals surface area contributed by atoms with Gasteiger partial charge in [-0.3, -0.25) is 9.59 Å². The van der Waals surface area contributed by atoms with E-state index >= 15 is 0 Å². The molecule has 8 heteroatoms. The van der Waals surface area contributed by atoms with Gasteiger partial charge in [0.15, 0.2) is 5.01 Å². The molecule has 0 aliphatic carbocycles. The molecular weight excluding hydrogens is 388 g/mol. The van der Waals surface area contributed by atoms with E-state index in [1.54, 1.807) is 4.90 Å². The number of nitrogens with one attached hydrogen (secondary N) is 1. The van der Waals surface area contributed by atoms with Crippen LogP contribution >= 0.6 is 11.3 Å². The summed E-state index contributed by atoms with van der Waals surface area (Å²) in [4.78, 5) is 26.6. The van der Waals surface area contributed by atoms with Crippen molar-refractivity contribution in [3.63, 3.8) is 0 Å². The van der Waals surface area contributed by atoms with Crippen LogP contribution in [-0.2, 0) is 22.7 Å². The lowest BCUT2D eigenvalue weighted by atomic mass is 10.1. The molecule has 2 aromatic carbocycles. The smallest absolute Gasteiger partial charge is 0.231 e. The molecule has 1 aromatic heterocycles. The Hall–Kier alpha value is -3.26. The number of benzene rings is 2. The summed E-state index contributed by atoms with van der Waals surface area (Å²) in [6.45, 7) is 1.20. The first-order valence-corrected chi connectivity index (χ1v) is 10.1. The van der Waals surface area contributed by atoms with Crippen LogP contribution in [0, 0.1) is 5.92 Å². The number of hydrogen-bond acceptors (Lipinski definition) is 6. The highest BCUT2D eigenvalue weighted by molar-refractivity contribution is 7.15. The summed E-state index contributed by atoms with van der Waals surface area (Å²) in [5.74, 6) is 0.138. The molecule has 1 fully saturated rings. The lowest BCUT2D eigenvalue weighted by Gasteiger charge is -2.16. The lowest BCUT2D eigenvalue weighted by Crippen LogP contribution is -2.28. The maximum atomic E-state index is 12.6. The van der Waals surface area contributed by atoms with Crippen molar-refractivity contribution in [2.45, 2.75) is 19.6 Å². The first-order valence-electron chi connectivity index (χ1n) is 9.30. The third-order valence-electron chi connectivity index (χ3n) is 4.60. The fourth-order valence-corrected chi connectivity index (χ4v) is 3.79. The van der Waals surface area contributed by atoms with Crippen molar-refractivity contribution in [1.82, 2.24) is 15.1 Å². The molecule has 1 aliphatic rings. The second-order valence-electron chi connectivity index (χ2n) is 6.75. The van der Waals surface area contributed by atoms with Gasteiger partial charge in [-0.1, -0.05) is 59.9 Å². The molecule has 0 unspecified atom stereocenters. The van der Waals surface area contributed by atoms with Crippen LogP contribution in [0.25, 0.3) is 0 Å². The van der Waals surface area contributed by atoms with Gasteiger partial charge in [0.1, 0.15) is 12.4 Å². The second-order valence-corrected chi connectivity index (χ2v) is 7.81. The van der Waals surface area contributed by atoms with E-state index in [2.05, 4.69) is 15.5 Å². The number of amides is 2. The molecule has 1 saturated heterocycles. The van der Waals surface area contributed by atoms with Crippen molar-refractivity contribution < 1.29 is 14.3 Å². The van der Waals surface area contributed by atoms with Crippen LogP contribution in [0.3, 0.4) is 0 Å². The van der Waals surface area contributed by atoms with E-state index < -0.39 is 0 Å². The number of likely N-dealkylation sites (tertiary alicyclic amines) is 1. The van der Waals surface area contributed by atoms with E-state index in [1.807, 2.05) is 60.7 Å². The highest BCUT2D eigenvalue weighted by Gasteiger charge is 2.34. The average molecular weight is 408 g/mol. The second kappa shape index (κ2) is 8.83. The van der Waals surface area contributed by atoms with Crippen molar-refractivity contribution in [2.24, 2.45) is 5.92 Å². The molecule has 3 aromatic rings. The predicted molar refractivity (Wildman–Crippen MR) is 109 cm³/mol. The first kappa shape index (κ1) is 19.1. The number of carbonyl (C=O) groups is 2. The molecule has 148 valence electrons. The molecule has 1 aliphatic heterocycles. The van der Waals surface area contributed by atoms with Gasteiger partial charge in [-0.2, -0.15) is 0 Å². The molecule has 0 spiro atoms. The summed E-state index contributed by atoms with van der Waals surface area (Å²) in [6, 6.07) is 19.2. The number of rotatable bonds is 7. The average Bonchev–Trinajstić information content (AvgIpc) is 3.34. The van der Waals surface area contributed by atoms with Gasteiger partial charge in [-0.15, -0.1) is 10.2 Å². The van der Waals surface area contributed by atoms with Gasteiger partial charge < -0.3 is 15.0 Å². The van der Waals surface area contributed by atoms with E-state index in [0.717, 1.165) is 11.3 Å². The minimum absolute atomic E-state index is 0.0109. The molecule has 0 bridgehead atoms. The van der Waals surface area contributed by atoms with Crippen LogP contribution in [-0.4, -0.2) is 33.5 Å². The van der Waals surface area contributed by atoms with Gasteiger partial charge in [-0.25, -0.2) is 0 Å². The van der Waals surface area contributed by atoms with Gasteiger partial charge in [0.05, 0.1) is 5.92 Å². The van der Waals surface area contributed by atoms with Gasteiger partial charge in [0, 0.05) is 19.5 Å². The highest BCUT2D eigenvalue weighted by Crippen LogP contribution is 2.23. The molecule has 1 N–H and O–H groups in total. The minimum Gasteiger partial charge on any atom is -0.486 e. The largest absolute Gasteiger partial charge is 0.486 e. The fraction of sp³-hybridized carbons (Fsp3) is 0.238. The third kappa shape index (κ3) is 4.97. The van der Waals surface area contributed by atoms with Crippen LogP contribution in [0.5, 0.6) is 5.75 Å². The molecule has 0 radical (unpaired) electrons. The number of nitrogens with zero attached hydrogens (tertiary/aromatic N) is 3. The number of para-hydroxylation sites is 1. The van der Waals surface area contributed by atoms with Crippen molar-refractivity contribution >= 4 is 28.3 Å². The van der Waals surface area contributed by atoms with Gasteiger partial charge >= 0.3 is 0 Å². The number of ether oxygens (including phenoxy) is 1. The minimum atomic E-state index is -0.390. The maximum Gasteiger partial charge on any atom is 0.231 e. The normalized spacial score (nSPS) is 16.1. The Bertz CT molecular complexity index is 978. The summed E-state index contributed by atoms with van der Waals surface area (Å²) in [7, 11) is 0. The third-order valence-corrected chi connectivity index (χ3v) is 5.42. The van der Waals surface area contributed by atoms with E-state index in [9.17, 15) is 9.59 Å². The molecule has 1 atom stereocenters. The zero-order chi connectivity index (χ0) is 20.1. The van der Waals surface area contributed by atoms with Crippen LogP contribution in [0.2, 0.25) is 0 Å². The van der Waals surface area contributed by atoms with Gasteiger partial charge in [0.25, 0.3) is 0 Å². The zero-order valence-electron chi connectivity index (χ0n) is 15.7. The number of carbonyl (C=O) groups excluding carboxylic acids is 2. The lowest BCUT2D eigenvalue weighted by molar-refractivity contribution is -0.128. The van der Waals surface area contributed by atoms with E-state index in [-0.39, 0.29) is 30.8 Å². The van der Waals surface area contributed by atoms with E-state index in [1.165, 1.54) is 11.3 Å². The standard InChI is InChI=1S/C21H20N4O3S/c26-19-11-16(13-25(19)12-15-7-3-1-4-8-15)20(27)22-21-24-23-18(29-21)14-28-17-9-5-2-6-10-17/h1-10,16H,11-14H2,(H,22,24,27)/t16-/m0/s1. The van der Waals surface area contributed by atoms with Crippen LogP contribution < -0.4 is 10.1 Å².